The lowest BCUT2D eigenvalue weighted by atomic mass is 9.79. The Morgan fingerprint density at radius 1 is 1.15 bits per heavy atom. The lowest BCUT2D eigenvalue weighted by molar-refractivity contribution is -0.159. The van der Waals surface area contributed by atoms with Crippen LogP contribution in [-0.2, 0) is 4.79 Å². The molecular weight excluding hydrogens is 528 g/mol. The van der Waals surface area contributed by atoms with Crippen molar-refractivity contribution in [2.24, 2.45) is 5.92 Å². The van der Waals surface area contributed by atoms with E-state index in [9.17, 15) is 18.0 Å². The molecule has 3 aromatic rings. The molecule has 2 aromatic carbocycles. The first-order chi connectivity index (χ1) is 19.1. The van der Waals surface area contributed by atoms with Gasteiger partial charge in [-0.2, -0.15) is 18.3 Å². The Morgan fingerprint density at radius 2 is 1.93 bits per heavy atom. The van der Waals surface area contributed by atoms with E-state index in [-0.39, 0.29) is 36.5 Å². The molecule has 0 bridgehead atoms. The summed E-state index contributed by atoms with van der Waals surface area (Å²) in [5, 5.41) is 13.5. The van der Waals surface area contributed by atoms with Crippen molar-refractivity contribution in [1.82, 2.24) is 9.78 Å². The molecule has 1 aliphatic heterocycles. The van der Waals surface area contributed by atoms with E-state index in [4.69, 9.17) is 14.6 Å². The summed E-state index contributed by atoms with van der Waals surface area (Å²) < 4.78 is 71.5. The standard InChI is InChI=1S/C30H26F4N2O4/c1-16-10-11-36(35-16)19-4-2-17(3-5-19)28-22-8-9-25(29(22)24(31)14-23(28)30(32,33)34)40-20-6-7-21-18(12-27(37)38)15-39-26(21)13-20/h2-7,10-11,13,18,23,25H,8-9,12,14-15H2,1H3,(H,37,38)/t18-,23?,25-/m1/s1. The van der Waals surface area contributed by atoms with Crippen LogP contribution in [0, 0.1) is 12.8 Å². The average molecular weight is 555 g/mol. The van der Waals surface area contributed by atoms with Crippen LogP contribution in [0.4, 0.5) is 17.6 Å². The van der Waals surface area contributed by atoms with Crippen molar-refractivity contribution in [3.63, 3.8) is 0 Å². The van der Waals surface area contributed by atoms with E-state index >= 15 is 4.39 Å². The van der Waals surface area contributed by atoms with Gasteiger partial charge in [0.2, 0.25) is 0 Å². The van der Waals surface area contributed by atoms with E-state index in [1.165, 1.54) is 0 Å². The third-order valence-corrected chi connectivity index (χ3v) is 7.78. The number of carboxylic acid groups (broad SMARTS) is 1. The molecule has 40 heavy (non-hydrogen) atoms. The highest BCUT2D eigenvalue weighted by Gasteiger charge is 2.49. The molecule has 2 heterocycles. The van der Waals surface area contributed by atoms with Gasteiger partial charge in [-0.25, -0.2) is 9.07 Å². The summed E-state index contributed by atoms with van der Waals surface area (Å²) in [5.41, 5.74) is 3.30. The maximum Gasteiger partial charge on any atom is 0.396 e. The highest BCUT2D eigenvalue weighted by atomic mass is 19.4. The highest BCUT2D eigenvalue weighted by Crippen LogP contribution is 2.53. The van der Waals surface area contributed by atoms with Gasteiger partial charge in [-0.05, 0) is 60.7 Å². The molecule has 10 heteroatoms. The van der Waals surface area contributed by atoms with Gasteiger partial charge in [0.15, 0.2) is 0 Å². The quantitative estimate of drug-likeness (QED) is 0.335. The topological polar surface area (TPSA) is 73.6 Å². The molecule has 1 unspecified atom stereocenters. The van der Waals surface area contributed by atoms with Crippen LogP contribution in [0.2, 0.25) is 0 Å². The fourth-order valence-corrected chi connectivity index (χ4v) is 5.97. The van der Waals surface area contributed by atoms with Gasteiger partial charge in [0, 0.05) is 35.7 Å². The minimum absolute atomic E-state index is 0.0617. The summed E-state index contributed by atoms with van der Waals surface area (Å²) in [6, 6.07) is 13.6. The van der Waals surface area contributed by atoms with Crippen LogP contribution >= 0.6 is 0 Å². The van der Waals surface area contributed by atoms with E-state index in [1.807, 2.05) is 13.0 Å². The second kappa shape index (κ2) is 9.83. The van der Waals surface area contributed by atoms with Gasteiger partial charge in [0.25, 0.3) is 0 Å². The van der Waals surface area contributed by atoms with Crippen LogP contribution in [0.15, 0.2) is 71.7 Å². The number of carboxylic acids is 1. The average Bonchev–Trinajstić information content (AvgIpc) is 3.63. The largest absolute Gasteiger partial charge is 0.492 e. The van der Waals surface area contributed by atoms with Crippen LogP contribution in [0.1, 0.15) is 48.4 Å². The Labute approximate surface area is 227 Å². The predicted molar refractivity (Wildman–Crippen MR) is 138 cm³/mol. The maximum absolute atomic E-state index is 15.4. The Balaban J connectivity index is 1.31. The zero-order valence-electron chi connectivity index (χ0n) is 21.5. The second-order valence-electron chi connectivity index (χ2n) is 10.4. The van der Waals surface area contributed by atoms with E-state index in [0.717, 1.165) is 11.3 Å². The molecule has 208 valence electrons. The zero-order chi connectivity index (χ0) is 28.2. The molecule has 0 spiro atoms. The number of alkyl halides is 3. The minimum Gasteiger partial charge on any atom is -0.492 e. The molecule has 3 atom stereocenters. The van der Waals surface area contributed by atoms with E-state index in [0.29, 0.717) is 34.7 Å². The Hall–Kier alpha value is -4.08. The third-order valence-electron chi connectivity index (χ3n) is 7.78. The number of fused-ring (bicyclic) bond motifs is 2. The summed E-state index contributed by atoms with van der Waals surface area (Å²) in [6.07, 6.45) is -3.86. The van der Waals surface area contributed by atoms with Gasteiger partial charge in [0.1, 0.15) is 23.4 Å². The van der Waals surface area contributed by atoms with E-state index < -0.39 is 36.4 Å². The summed E-state index contributed by atoms with van der Waals surface area (Å²) in [4.78, 5) is 11.1. The van der Waals surface area contributed by atoms with Crippen molar-refractivity contribution in [3.8, 4) is 17.2 Å². The first-order valence-electron chi connectivity index (χ1n) is 13.1. The van der Waals surface area contributed by atoms with Gasteiger partial charge in [-0.15, -0.1) is 0 Å². The van der Waals surface area contributed by atoms with Gasteiger partial charge in [0.05, 0.1) is 30.3 Å². The fourth-order valence-electron chi connectivity index (χ4n) is 5.97. The third kappa shape index (κ3) is 4.76. The van der Waals surface area contributed by atoms with Crippen LogP contribution < -0.4 is 9.47 Å². The molecule has 1 N–H and O–H groups in total. The van der Waals surface area contributed by atoms with E-state index in [1.54, 1.807) is 53.3 Å². The molecule has 6 nitrogen and oxygen atoms in total. The van der Waals surface area contributed by atoms with Gasteiger partial charge >= 0.3 is 12.1 Å². The van der Waals surface area contributed by atoms with Crippen LogP contribution in [0.25, 0.3) is 11.3 Å². The Morgan fingerprint density at radius 3 is 2.60 bits per heavy atom. The first kappa shape index (κ1) is 26.2. The number of carbonyl (C=O) groups is 1. The smallest absolute Gasteiger partial charge is 0.396 e. The van der Waals surface area contributed by atoms with Gasteiger partial charge < -0.3 is 14.6 Å². The Kier molecular flexibility index (Phi) is 6.43. The first-order valence-corrected chi connectivity index (χ1v) is 13.1. The molecule has 0 amide bonds. The molecule has 1 fully saturated rings. The van der Waals surface area contributed by atoms with Crippen molar-refractivity contribution in [2.75, 3.05) is 6.61 Å². The molecule has 0 saturated heterocycles. The number of aliphatic carboxylic acids is 1. The van der Waals surface area contributed by atoms with E-state index in [2.05, 4.69) is 5.10 Å². The lowest BCUT2D eigenvalue weighted by Gasteiger charge is -2.30. The number of hydrogen-bond donors (Lipinski definition) is 1. The summed E-state index contributed by atoms with van der Waals surface area (Å²) in [6.45, 7) is 2.09. The van der Waals surface area contributed by atoms with Crippen molar-refractivity contribution in [3.05, 3.63) is 88.5 Å². The van der Waals surface area contributed by atoms with Crippen LogP contribution in [0.3, 0.4) is 0 Å². The van der Waals surface area contributed by atoms with Crippen molar-refractivity contribution in [2.45, 2.75) is 50.8 Å². The number of aromatic nitrogens is 2. The highest BCUT2D eigenvalue weighted by molar-refractivity contribution is 5.78. The van der Waals surface area contributed by atoms with Crippen LogP contribution in [-0.4, -0.2) is 39.7 Å². The van der Waals surface area contributed by atoms with Crippen molar-refractivity contribution < 1.29 is 36.9 Å². The molecule has 2 aliphatic carbocycles. The number of ether oxygens (including phenoxy) is 2. The number of allylic oxidation sites excluding steroid dienone is 2. The van der Waals surface area contributed by atoms with Gasteiger partial charge in [-0.1, -0.05) is 18.2 Å². The number of nitrogens with zero attached hydrogens (tertiary/aromatic N) is 2. The molecule has 6 rings (SSSR count). The lowest BCUT2D eigenvalue weighted by Crippen LogP contribution is -2.29. The van der Waals surface area contributed by atoms with Crippen molar-refractivity contribution in [1.29, 1.82) is 0 Å². The summed E-state index contributed by atoms with van der Waals surface area (Å²) >= 11 is 0. The maximum atomic E-state index is 15.4. The minimum atomic E-state index is -4.62. The summed E-state index contributed by atoms with van der Waals surface area (Å²) in [5.74, 6) is -3.06. The van der Waals surface area contributed by atoms with Crippen LogP contribution in [0.5, 0.6) is 11.5 Å². The number of aryl methyl sites for hydroxylation is 1. The molecular formula is C30H26F4N2O4. The molecule has 1 aromatic heterocycles. The summed E-state index contributed by atoms with van der Waals surface area (Å²) in [7, 11) is 0. The second-order valence-corrected chi connectivity index (χ2v) is 10.4. The number of hydrogen-bond acceptors (Lipinski definition) is 4. The SMILES string of the molecule is Cc1ccn(-c2ccc(C3=C4CC[C@@H](Oc5ccc6c(c5)OC[C@H]6CC(=O)O)C4=C(F)CC3C(F)(F)F)cc2)n1. The monoisotopic (exact) mass is 554 g/mol. The zero-order valence-corrected chi connectivity index (χ0v) is 21.5. The fraction of sp³-hybridized carbons (Fsp3) is 0.333. The number of rotatable bonds is 6. The molecule has 0 radical (unpaired) electrons. The molecule has 1 saturated carbocycles. The molecule has 3 aliphatic rings. The number of halogens is 4. The Bertz CT molecular complexity index is 1540. The van der Waals surface area contributed by atoms with Gasteiger partial charge in [-0.3, -0.25) is 4.79 Å². The van der Waals surface area contributed by atoms with Crippen molar-refractivity contribution >= 4 is 11.5 Å². The normalized spacial score (nSPS) is 22.3. The number of benzene rings is 2. The predicted octanol–water partition coefficient (Wildman–Crippen LogP) is 6.93.